The lowest BCUT2D eigenvalue weighted by molar-refractivity contribution is -0.134. The molecule has 23 heavy (non-hydrogen) atoms. The Morgan fingerprint density at radius 3 is 2.65 bits per heavy atom. The minimum absolute atomic E-state index is 0.0471. The van der Waals surface area contributed by atoms with Crippen molar-refractivity contribution in [2.45, 2.75) is 25.3 Å². The van der Waals surface area contributed by atoms with Crippen LogP contribution in [0.3, 0.4) is 0 Å². The van der Waals surface area contributed by atoms with Gasteiger partial charge in [0.2, 0.25) is 5.91 Å². The lowest BCUT2D eigenvalue weighted by atomic mass is 9.96. The molecule has 1 heterocycles. The Kier molecular flexibility index (Phi) is 3.54. The summed E-state index contributed by atoms with van der Waals surface area (Å²) in [6, 6.07) is 2.28. The van der Waals surface area contributed by atoms with Crippen molar-refractivity contribution in [3.05, 3.63) is 29.8 Å². The number of amides is 4. The third-order valence-electron chi connectivity index (χ3n) is 4.20. The number of carbonyl (C=O) groups excluding carboxylic acids is 3. The molecule has 1 aromatic rings. The van der Waals surface area contributed by atoms with Crippen molar-refractivity contribution in [2.75, 3.05) is 11.9 Å². The highest BCUT2D eigenvalue weighted by Crippen LogP contribution is 2.42. The average Bonchev–Trinajstić information content (AvgIpc) is 3.29. The second kappa shape index (κ2) is 5.29. The molecule has 0 bridgehead atoms. The number of urea groups is 1. The van der Waals surface area contributed by atoms with Crippen LogP contribution in [0.4, 0.5) is 19.3 Å². The molecule has 2 fully saturated rings. The van der Waals surface area contributed by atoms with Gasteiger partial charge in [-0.3, -0.25) is 14.5 Å². The lowest BCUT2D eigenvalue weighted by Gasteiger charge is -2.20. The van der Waals surface area contributed by atoms with Crippen molar-refractivity contribution in [1.29, 1.82) is 0 Å². The number of carbonyl (C=O) groups is 3. The number of halogens is 2. The summed E-state index contributed by atoms with van der Waals surface area (Å²) >= 11 is 0. The predicted octanol–water partition coefficient (Wildman–Crippen LogP) is 1.62. The maximum Gasteiger partial charge on any atom is 0.325 e. The topological polar surface area (TPSA) is 78.5 Å². The Hall–Kier alpha value is -2.51. The molecule has 0 aromatic heterocycles. The number of hydrogen-bond donors (Lipinski definition) is 2. The molecule has 1 aliphatic carbocycles. The molecule has 2 N–H and O–H groups in total. The standard InChI is InChI=1S/C15H15F2N3O3/c1-15(8-2-3-8)13(22)20(14(23)19-15)7-12(21)18-9-4-5-10(16)11(17)6-9/h4-6,8H,2-3,7H2,1H3,(H,18,21)(H,19,23). The number of benzene rings is 1. The van der Waals surface area contributed by atoms with Crippen molar-refractivity contribution in [3.8, 4) is 0 Å². The van der Waals surface area contributed by atoms with Crippen LogP contribution >= 0.6 is 0 Å². The zero-order chi connectivity index (χ0) is 16.8. The molecule has 0 spiro atoms. The van der Waals surface area contributed by atoms with Gasteiger partial charge in [0.1, 0.15) is 12.1 Å². The highest BCUT2D eigenvalue weighted by molar-refractivity contribution is 6.10. The maximum absolute atomic E-state index is 13.1. The van der Waals surface area contributed by atoms with Crippen molar-refractivity contribution in [1.82, 2.24) is 10.2 Å². The molecule has 1 aromatic carbocycles. The number of hydrogen-bond acceptors (Lipinski definition) is 3. The largest absolute Gasteiger partial charge is 0.325 e. The molecular weight excluding hydrogens is 308 g/mol. The number of nitrogens with one attached hydrogen (secondary N) is 2. The van der Waals surface area contributed by atoms with Crippen molar-refractivity contribution in [2.24, 2.45) is 5.92 Å². The second-order valence-corrected chi connectivity index (χ2v) is 5.98. The predicted molar refractivity (Wildman–Crippen MR) is 76.4 cm³/mol. The minimum atomic E-state index is -1.10. The maximum atomic E-state index is 13.1. The quantitative estimate of drug-likeness (QED) is 0.827. The van der Waals surface area contributed by atoms with Gasteiger partial charge in [0.25, 0.3) is 5.91 Å². The Balaban J connectivity index is 1.66. The summed E-state index contributed by atoms with van der Waals surface area (Å²) in [5.41, 5.74) is -0.912. The van der Waals surface area contributed by atoms with Gasteiger partial charge in [-0.1, -0.05) is 0 Å². The van der Waals surface area contributed by atoms with Gasteiger partial charge in [-0.15, -0.1) is 0 Å². The highest BCUT2D eigenvalue weighted by Gasteiger charge is 2.56. The summed E-state index contributed by atoms with van der Waals surface area (Å²) in [5.74, 6) is -3.14. The normalized spacial score (nSPS) is 23.9. The van der Waals surface area contributed by atoms with E-state index in [2.05, 4.69) is 10.6 Å². The van der Waals surface area contributed by atoms with E-state index in [1.165, 1.54) is 6.07 Å². The Bertz CT molecular complexity index is 705. The van der Waals surface area contributed by atoms with Crippen LogP contribution in [0.25, 0.3) is 0 Å². The summed E-state index contributed by atoms with van der Waals surface area (Å²) in [7, 11) is 0. The van der Waals surface area contributed by atoms with Gasteiger partial charge in [-0.25, -0.2) is 13.6 Å². The molecule has 3 rings (SSSR count). The molecule has 2 aliphatic rings. The van der Waals surface area contributed by atoms with Gasteiger partial charge >= 0.3 is 6.03 Å². The first kappa shape index (κ1) is 15.4. The molecule has 1 atom stereocenters. The van der Waals surface area contributed by atoms with Gasteiger partial charge < -0.3 is 10.6 Å². The Labute approximate surface area is 130 Å². The number of imide groups is 1. The molecule has 8 heteroatoms. The number of anilines is 1. The van der Waals surface area contributed by atoms with E-state index in [-0.39, 0.29) is 11.6 Å². The molecule has 0 radical (unpaired) electrons. The van der Waals surface area contributed by atoms with E-state index < -0.39 is 41.6 Å². The van der Waals surface area contributed by atoms with E-state index in [0.29, 0.717) is 0 Å². The fraction of sp³-hybridized carbons (Fsp3) is 0.400. The highest BCUT2D eigenvalue weighted by atomic mass is 19.2. The molecule has 122 valence electrons. The summed E-state index contributed by atoms with van der Waals surface area (Å²) < 4.78 is 25.9. The Morgan fingerprint density at radius 1 is 1.35 bits per heavy atom. The van der Waals surface area contributed by atoms with Crippen LogP contribution in [0.2, 0.25) is 0 Å². The zero-order valence-corrected chi connectivity index (χ0v) is 12.4. The first-order valence-corrected chi connectivity index (χ1v) is 7.20. The monoisotopic (exact) mass is 323 g/mol. The van der Waals surface area contributed by atoms with Gasteiger partial charge in [0.15, 0.2) is 11.6 Å². The summed E-state index contributed by atoms with van der Waals surface area (Å²) in [6.45, 7) is 1.17. The fourth-order valence-corrected chi connectivity index (χ4v) is 2.71. The van der Waals surface area contributed by atoms with Gasteiger partial charge in [0, 0.05) is 11.8 Å². The molecule has 1 saturated heterocycles. The minimum Gasteiger partial charge on any atom is -0.324 e. The van der Waals surface area contributed by atoms with Crippen molar-refractivity contribution >= 4 is 23.5 Å². The van der Waals surface area contributed by atoms with E-state index >= 15 is 0 Å². The summed E-state index contributed by atoms with van der Waals surface area (Å²) in [6.07, 6.45) is 1.72. The van der Waals surface area contributed by atoms with Crippen molar-refractivity contribution in [3.63, 3.8) is 0 Å². The zero-order valence-electron chi connectivity index (χ0n) is 12.4. The van der Waals surface area contributed by atoms with Crippen LogP contribution in [-0.4, -0.2) is 34.8 Å². The summed E-state index contributed by atoms with van der Waals surface area (Å²) in [4.78, 5) is 37.1. The number of nitrogens with zero attached hydrogens (tertiary/aromatic N) is 1. The molecule has 1 saturated carbocycles. The molecule has 6 nitrogen and oxygen atoms in total. The van der Waals surface area contributed by atoms with Crippen LogP contribution in [0.15, 0.2) is 18.2 Å². The SMILES string of the molecule is CC1(C2CC2)NC(=O)N(CC(=O)Nc2ccc(F)c(F)c2)C1=O. The Morgan fingerprint density at radius 2 is 2.04 bits per heavy atom. The van der Waals surface area contributed by atoms with E-state index in [1.807, 2.05) is 0 Å². The average molecular weight is 323 g/mol. The van der Waals surface area contributed by atoms with Crippen LogP contribution in [0.1, 0.15) is 19.8 Å². The molecule has 4 amide bonds. The van der Waals surface area contributed by atoms with E-state index in [4.69, 9.17) is 0 Å². The fourth-order valence-electron chi connectivity index (χ4n) is 2.71. The third kappa shape index (κ3) is 2.76. The molecule has 1 aliphatic heterocycles. The van der Waals surface area contributed by atoms with E-state index in [9.17, 15) is 23.2 Å². The second-order valence-electron chi connectivity index (χ2n) is 5.98. The van der Waals surface area contributed by atoms with E-state index in [0.717, 1.165) is 29.9 Å². The van der Waals surface area contributed by atoms with Gasteiger partial charge in [-0.05, 0) is 37.8 Å². The van der Waals surface area contributed by atoms with Crippen LogP contribution in [-0.2, 0) is 9.59 Å². The molecular formula is C15H15F2N3O3. The number of rotatable bonds is 4. The van der Waals surface area contributed by atoms with Gasteiger partial charge in [-0.2, -0.15) is 0 Å². The first-order valence-electron chi connectivity index (χ1n) is 7.20. The van der Waals surface area contributed by atoms with Crippen LogP contribution in [0.5, 0.6) is 0 Å². The third-order valence-corrected chi connectivity index (χ3v) is 4.20. The summed E-state index contributed by atoms with van der Waals surface area (Å²) in [5, 5.41) is 4.96. The van der Waals surface area contributed by atoms with Gasteiger partial charge in [0.05, 0.1) is 0 Å². The lowest BCUT2D eigenvalue weighted by Crippen LogP contribution is -2.46. The first-order chi connectivity index (χ1) is 10.8. The smallest absolute Gasteiger partial charge is 0.324 e. The van der Waals surface area contributed by atoms with Crippen molar-refractivity contribution < 1.29 is 23.2 Å². The molecule has 1 unspecified atom stereocenters. The van der Waals surface area contributed by atoms with Crippen LogP contribution in [0, 0.1) is 17.6 Å². The van der Waals surface area contributed by atoms with E-state index in [1.54, 1.807) is 6.92 Å². The van der Waals surface area contributed by atoms with Crippen LogP contribution < -0.4 is 10.6 Å².